The van der Waals surface area contributed by atoms with Crippen molar-refractivity contribution in [1.82, 2.24) is 15.6 Å². The van der Waals surface area contributed by atoms with E-state index in [-0.39, 0.29) is 17.7 Å². The van der Waals surface area contributed by atoms with Crippen molar-refractivity contribution in [2.24, 2.45) is 16.9 Å². The third-order valence-corrected chi connectivity index (χ3v) is 7.83. The van der Waals surface area contributed by atoms with E-state index < -0.39 is 17.7 Å². The molecule has 1 saturated carbocycles. The Morgan fingerprint density at radius 1 is 1.13 bits per heavy atom. The molecule has 8 nitrogen and oxygen atoms in total. The smallest absolute Gasteiger partial charge is 0.309 e. The lowest BCUT2D eigenvalue weighted by atomic mass is 9.87. The summed E-state index contributed by atoms with van der Waals surface area (Å²) in [5.41, 5.74) is 2.45. The van der Waals surface area contributed by atoms with Crippen LogP contribution in [-0.2, 0) is 19.1 Å². The van der Waals surface area contributed by atoms with Gasteiger partial charge in [-0.25, -0.2) is 5.43 Å². The fourth-order valence-corrected chi connectivity index (χ4v) is 5.81. The van der Waals surface area contributed by atoms with Gasteiger partial charge >= 0.3 is 5.91 Å². The van der Waals surface area contributed by atoms with Crippen LogP contribution in [0.5, 0.6) is 0 Å². The van der Waals surface area contributed by atoms with Gasteiger partial charge in [0.05, 0.1) is 0 Å². The second kappa shape index (κ2) is 11.9. The first-order chi connectivity index (χ1) is 15.0. The molecule has 0 aromatic carbocycles. The van der Waals surface area contributed by atoms with Gasteiger partial charge in [-0.1, -0.05) is 37.4 Å². The number of carbonyl (C=O) groups excluding carboxylic acids is 3. The summed E-state index contributed by atoms with van der Waals surface area (Å²) in [6.45, 7) is 6.01. The van der Waals surface area contributed by atoms with Gasteiger partial charge in [0.25, 0.3) is 0 Å². The molecule has 174 valence electrons. The van der Waals surface area contributed by atoms with Crippen molar-refractivity contribution in [2.75, 3.05) is 25.5 Å². The van der Waals surface area contributed by atoms with Crippen LogP contribution in [0, 0.1) is 11.8 Å². The maximum Gasteiger partial charge on any atom is 0.309 e. The van der Waals surface area contributed by atoms with E-state index in [9.17, 15) is 14.4 Å². The Bertz CT molecular complexity index is 672. The van der Waals surface area contributed by atoms with E-state index in [0.717, 1.165) is 56.0 Å². The van der Waals surface area contributed by atoms with Crippen LogP contribution < -0.4 is 10.7 Å². The predicted molar refractivity (Wildman–Crippen MR) is 122 cm³/mol. The molecule has 2 aliphatic heterocycles. The molecule has 9 heteroatoms. The summed E-state index contributed by atoms with van der Waals surface area (Å²) in [4.78, 5) is 40.8. The van der Waals surface area contributed by atoms with Crippen LogP contribution in [0.25, 0.3) is 0 Å². The number of hydrogen-bond donors (Lipinski definition) is 2. The standard InChI is InChI=1S/C22H36N4O4S/c1-3-26-15(2)14-31-22(26)25-24-21(29)19(27)18(16-10-12-30-13-11-16)23-20(28)17-8-6-4-5-7-9-17/h15-18H,3-14H2,1-2H3,(H,23,28)(H,24,29)/t15?,18-/m0/s1. The monoisotopic (exact) mass is 452 g/mol. The lowest BCUT2D eigenvalue weighted by Crippen LogP contribution is -2.53. The van der Waals surface area contributed by atoms with Crippen LogP contribution in [0.1, 0.15) is 65.2 Å². The zero-order chi connectivity index (χ0) is 22.2. The summed E-state index contributed by atoms with van der Waals surface area (Å²) in [5.74, 6) is -0.738. The van der Waals surface area contributed by atoms with Crippen LogP contribution in [0.4, 0.5) is 0 Å². The van der Waals surface area contributed by atoms with Gasteiger partial charge in [0.15, 0.2) is 5.17 Å². The number of ether oxygens (including phenoxy) is 1. The summed E-state index contributed by atoms with van der Waals surface area (Å²) < 4.78 is 5.42. The lowest BCUT2D eigenvalue weighted by molar-refractivity contribution is -0.142. The molecule has 3 rings (SSSR count). The molecular formula is C22H36N4O4S. The highest BCUT2D eigenvalue weighted by molar-refractivity contribution is 8.14. The molecule has 3 aliphatic rings. The normalized spacial score (nSPS) is 25.8. The summed E-state index contributed by atoms with van der Waals surface area (Å²) in [6.07, 6.45) is 7.39. The minimum Gasteiger partial charge on any atom is -0.381 e. The Morgan fingerprint density at radius 2 is 1.81 bits per heavy atom. The third-order valence-electron chi connectivity index (χ3n) is 6.59. The average molecular weight is 453 g/mol. The molecule has 3 fully saturated rings. The number of hydrazone groups is 1. The number of thioether (sulfide) groups is 1. The van der Waals surface area contributed by atoms with E-state index in [0.29, 0.717) is 32.1 Å². The van der Waals surface area contributed by atoms with Gasteiger partial charge in [0, 0.05) is 37.5 Å². The highest BCUT2D eigenvalue weighted by Crippen LogP contribution is 2.25. The molecule has 31 heavy (non-hydrogen) atoms. The molecule has 0 aromatic rings. The molecule has 2 saturated heterocycles. The Kier molecular flexibility index (Phi) is 9.19. The van der Waals surface area contributed by atoms with Crippen molar-refractivity contribution in [3.8, 4) is 0 Å². The van der Waals surface area contributed by atoms with Crippen molar-refractivity contribution in [2.45, 2.75) is 77.3 Å². The highest BCUT2D eigenvalue weighted by Gasteiger charge is 2.36. The molecule has 0 aromatic heterocycles. The van der Waals surface area contributed by atoms with E-state index in [1.54, 1.807) is 11.8 Å². The summed E-state index contributed by atoms with van der Waals surface area (Å²) in [6, 6.07) is -0.479. The van der Waals surface area contributed by atoms with Crippen LogP contribution in [0.3, 0.4) is 0 Å². The summed E-state index contributed by atoms with van der Waals surface area (Å²) >= 11 is 1.57. The van der Waals surface area contributed by atoms with Crippen molar-refractivity contribution < 1.29 is 19.1 Å². The van der Waals surface area contributed by atoms with Crippen molar-refractivity contribution in [1.29, 1.82) is 0 Å². The third kappa shape index (κ3) is 6.44. The predicted octanol–water partition coefficient (Wildman–Crippen LogP) is 2.28. The van der Waals surface area contributed by atoms with Crippen molar-refractivity contribution in [3.05, 3.63) is 0 Å². The first kappa shape index (κ1) is 24.0. The fourth-order valence-electron chi connectivity index (χ4n) is 4.65. The van der Waals surface area contributed by atoms with Gasteiger partial charge in [0.1, 0.15) is 6.04 Å². The Hall–Kier alpha value is -1.61. The second-order valence-corrected chi connectivity index (χ2v) is 9.76. The largest absolute Gasteiger partial charge is 0.381 e. The molecule has 0 radical (unpaired) electrons. The molecule has 0 spiro atoms. The van der Waals surface area contributed by atoms with E-state index in [1.165, 1.54) is 0 Å². The molecule has 2 amide bonds. The van der Waals surface area contributed by atoms with Crippen molar-refractivity contribution in [3.63, 3.8) is 0 Å². The van der Waals surface area contributed by atoms with Crippen LogP contribution >= 0.6 is 11.8 Å². The molecule has 1 aliphatic carbocycles. The number of nitrogens with one attached hydrogen (secondary N) is 2. The number of carbonyl (C=O) groups is 3. The highest BCUT2D eigenvalue weighted by atomic mass is 32.2. The van der Waals surface area contributed by atoms with Gasteiger partial charge in [-0.05, 0) is 45.4 Å². The number of ketones is 1. The molecule has 2 N–H and O–H groups in total. The van der Waals surface area contributed by atoms with Gasteiger partial charge in [-0.3, -0.25) is 14.4 Å². The zero-order valence-corrected chi connectivity index (χ0v) is 19.5. The molecule has 0 bridgehead atoms. The van der Waals surface area contributed by atoms with Gasteiger partial charge < -0.3 is 15.0 Å². The first-order valence-corrected chi connectivity index (χ1v) is 12.7. The van der Waals surface area contributed by atoms with Crippen LogP contribution in [0.15, 0.2) is 5.10 Å². The number of amides is 2. The van der Waals surface area contributed by atoms with E-state index in [4.69, 9.17) is 4.74 Å². The Labute approximate surface area is 189 Å². The number of Topliss-reactive ketones (excluding diaryl/α,β-unsaturated/α-hetero) is 1. The van der Waals surface area contributed by atoms with Crippen LogP contribution in [0.2, 0.25) is 0 Å². The van der Waals surface area contributed by atoms with Crippen LogP contribution in [-0.4, -0.2) is 65.3 Å². The fraction of sp³-hybridized carbons (Fsp3) is 0.818. The topological polar surface area (TPSA) is 100 Å². The van der Waals surface area contributed by atoms with Gasteiger partial charge in [-0.15, -0.1) is 5.10 Å². The van der Waals surface area contributed by atoms with Gasteiger partial charge in [0.2, 0.25) is 11.7 Å². The zero-order valence-electron chi connectivity index (χ0n) is 18.7. The minimum absolute atomic E-state index is 0.0737. The number of nitrogens with zero attached hydrogens (tertiary/aromatic N) is 2. The SMILES string of the molecule is CCN1C(=NNC(=O)C(=O)[C@@H](NC(=O)C2CCCCCC2)C2CCOCC2)SCC1C. The van der Waals surface area contributed by atoms with E-state index in [2.05, 4.69) is 27.7 Å². The van der Waals surface area contributed by atoms with Gasteiger partial charge in [-0.2, -0.15) is 0 Å². The lowest BCUT2D eigenvalue weighted by Gasteiger charge is -2.30. The maximum absolute atomic E-state index is 13.1. The number of rotatable bonds is 7. The Morgan fingerprint density at radius 3 is 2.45 bits per heavy atom. The summed E-state index contributed by atoms with van der Waals surface area (Å²) in [7, 11) is 0. The van der Waals surface area contributed by atoms with E-state index in [1.807, 2.05) is 6.92 Å². The second-order valence-electron chi connectivity index (χ2n) is 8.77. The average Bonchev–Trinajstić information content (AvgIpc) is 2.96. The molecular weight excluding hydrogens is 416 g/mol. The first-order valence-electron chi connectivity index (χ1n) is 11.7. The quantitative estimate of drug-likeness (QED) is 0.349. The van der Waals surface area contributed by atoms with E-state index >= 15 is 0 Å². The molecule has 1 unspecified atom stereocenters. The molecule has 2 heterocycles. The maximum atomic E-state index is 13.1. The summed E-state index contributed by atoms with van der Waals surface area (Å²) in [5, 5.41) is 7.88. The minimum atomic E-state index is -0.822. The van der Waals surface area contributed by atoms with Crippen molar-refractivity contribution >= 4 is 34.5 Å². The number of amidine groups is 1. The molecule has 2 atom stereocenters. The number of hydrogen-bond acceptors (Lipinski definition) is 6. The Balaban J connectivity index is 1.66.